The number of unbranched alkanes of at least 4 members (excludes halogenated alkanes) is 3. The van der Waals surface area contributed by atoms with Crippen molar-refractivity contribution in [3.63, 3.8) is 0 Å². The van der Waals surface area contributed by atoms with Crippen LogP contribution in [0.2, 0.25) is 0 Å². The average Bonchev–Trinajstić information content (AvgIpc) is 2.91. The Labute approximate surface area is 209 Å². The fourth-order valence-corrected chi connectivity index (χ4v) is 6.01. The Morgan fingerprint density at radius 1 is 0.857 bits per heavy atom. The number of allylic oxidation sites excluding steroid dienone is 4. The number of rotatable bonds is 9. The summed E-state index contributed by atoms with van der Waals surface area (Å²) in [7, 11) is -0.348. The summed E-state index contributed by atoms with van der Waals surface area (Å²) in [6.07, 6.45) is 14.2. The molecule has 1 aliphatic carbocycles. The van der Waals surface area contributed by atoms with Crippen LogP contribution in [0.1, 0.15) is 81.9 Å². The molecule has 0 fully saturated rings. The van der Waals surface area contributed by atoms with E-state index in [9.17, 15) is 0 Å². The SMILES string of the molecule is CCCCCC1=[C-]C(CCCC)=C([SiH2]c2c(C)cc(C)cc2C)C1.[Cl-].[Cl-].[Cl-].[Ti+4]. The Balaban J connectivity index is -0.00000156. The molecule has 0 unspecified atom stereocenters. The van der Waals surface area contributed by atoms with Crippen LogP contribution in [0.15, 0.2) is 28.5 Å². The second-order valence-corrected chi connectivity index (χ2v) is 9.52. The molecule has 0 N–H and O–H groups in total. The van der Waals surface area contributed by atoms with Crippen molar-refractivity contribution in [2.45, 2.75) is 86.0 Å². The molecule has 0 spiro atoms. The molecule has 1 aliphatic rings. The summed E-state index contributed by atoms with van der Waals surface area (Å²) >= 11 is 0. The molecule has 0 aliphatic heterocycles. The van der Waals surface area contributed by atoms with Gasteiger partial charge in [0.15, 0.2) is 0 Å². The number of hydrogen-bond donors (Lipinski definition) is 0. The Morgan fingerprint density at radius 3 is 1.96 bits per heavy atom. The monoisotopic (exact) mass is 492 g/mol. The number of halogens is 3. The zero-order valence-electron chi connectivity index (χ0n) is 18.2. The van der Waals surface area contributed by atoms with Crippen LogP contribution in [0.3, 0.4) is 0 Å². The number of benzene rings is 1. The van der Waals surface area contributed by atoms with E-state index < -0.39 is 0 Å². The van der Waals surface area contributed by atoms with Crippen molar-refractivity contribution in [1.29, 1.82) is 0 Å². The van der Waals surface area contributed by atoms with Crippen LogP contribution in [0.5, 0.6) is 0 Å². The molecule has 0 aromatic heterocycles. The molecule has 0 atom stereocenters. The summed E-state index contributed by atoms with van der Waals surface area (Å²) in [5.41, 5.74) is 7.62. The van der Waals surface area contributed by atoms with Crippen LogP contribution >= 0.6 is 0 Å². The van der Waals surface area contributed by atoms with Gasteiger partial charge in [-0.05, 0) is 30.3 Å². The number of aryl methyl sites for hydroxylation is 3. The minimum atomic E-state index is -0.348. The fourth-order valence-electron chi connectivity index (χ4n) is 3.91. The van der Waals surface area contributed by atoms with E-state index in [-0.39, 0.29) is 68.5 Å². The van der Waals surface area contributed by atoms with Crippen molar-refractivity contribution < 1.29 is 58.9 Å². The van der Waals surface area contributed by atoms with E-state index >= 15 is 0 Å². The molecular weight excluding hydrogens is 459 g/mol. The molecule has 156 valence electrons. The van der Waals surface area contributed by atoms with Gasteiger partial charge in [-0.25, -0.2) is 16.8 Å². The van der Waals surface area contributed by atoms with Gasteiger partial charge in [-0.2, -0.15) is 5.57 Å². The first-order valence-corrected chi connectivity index (χ1v) is 11.4. The van der Waals surface area contributed by atoms with Gasteiger partial charge in [-0.3, -0.25) is 0 Å². The van der Waals surface area contributed by atoms with Crippen LogP contribution in [0.4, 0.5) is 0 Å². The Hall–Kier alpha value is 0.501. The van der Waals surface area contributed by atoms with Gasteiger partial charge in [-0.15, -0.1) is 0 Å². The normalized spacial score (nSPS) is 12.8. The summed E-state index contributed by atoms with van der Waals surface area (Å²) < 4.78 is 0. The van der Waals surface area contributed by atoms with E-state index in [4.69, 9.17) is 0 Å². The summed E-state index contributed by atoms with van der Waals surface area (Å²) in [4.78, 5) is 0. The predicted molar refractivity (Wildman–Crippen MR) is 111 cm³/mol. The van der Waals surface area contributed by atoms with Gasteiger partial charge in [0.2, 0.25) is 0 Å². The second kappa shape index (κ2) is 17.2. The van der Waals surface area contributed by atoms with Gasteiger partial charge in [-0.1, -0.05) is 99.2 Å². The van der Waals surface area contributed by atoms with Gasteiger partial charge < -0.3 is 37.2 Å². The molecule has 2 rings (SSSR count). The minimum Gasteiger partial charge on any atom is -1.00 e. The number of hydrogen-bond acceptors (Lipinski definition) is 0. The maximum absolute atomic E-state index is 3.84. The maximum atomic E-state index is 3.84. The second-order valence-electron chi connectivity index (χ2n) is 7.60. The van der Waals surface area contributed by atoms with Gasteiger partial charge in [0, 0.05) is 0 Å². The summed E-state index contributed by atoms with van der Waals surface area (Å²) in [5, 5.41) is 3.46. The zero-order valence-corrected chi connectivity index (χ0v) is 23.4. The molecule has 28 heavy (non-hydrogen) atoms. The van der Waals surface area contributed by atoms with E-state index in [1.54, 1.807) is 21.5 Å². The first-order chi connectivity index (χ1) is 11.5. The van der Waals surface area contributed by atoms with E-state index in [2.05, 4.69) is 52.8 Å². The van der Waals surface area contributed by atoms with Gasteiger partial charge in [0.1, 0.15) is 0 Å². The molecule has 0 heterocycles. The van der Waals surface area contributed by atoms with Crippen molar-refractivity contribution >= 4 is 14.7 Å². The molecule has 0 amide bonds. The summed E-state index contributed by atoms with van der Waals surface area (Å²) in [5.74, 6) is 0. The molecule has 0 saturated heterocycles. The fraction of sp³-hybridized carbons (Fsp3) is 0.565. The quantitative estimate of drug-likeness (QED) is 0.191. The minimum absolute atomic E-state index is 0. The van der Waals surface area contributed by atoms with Gasteiger partial charge >= 0.3 is 21.7 Å². The molecule has 0 saturated carbocycles. The molecule has 0 bridgehead atoms. The molecular formula is C23H35Cl3SiTi. The van der Waals surface area contributed by atoms with E-state index in [1.165, 1.54) is 68.1 Å². The van der Waals surface area contributed by atoms with E-state index in [1.807, 2.05) is 0 Å². The topological polar surface area (TPSA) is 0 Å². The van der Waals surface area contributed by atoms with Crippen LogP contribution in [-0.2, 0) is 21.7 Å². The molecule has 5 heteroatoms. The Bertz CT molecular complexity index is 616. The average molecular weight is 494 g/mol. The smallest absolute Gasteiger partial charge is 1.00 e. The van der Waals surface area contributed by atoms with Crippen molar-refractivity contribution in [3.05, 3.63) is 51.2 Å². The third-order valence-electron chi connectivity index (χ3n) is 5.27. The third-order valence-corrected chi connectivity index (χ3v) is 7.85. The molecule has 0 radical (unpaired) electrons. The predicted octanol–water partition coefficient (Wildman–Crippen LogP) is -3.43. The Morgan fingerprint density at radius 2 is 1.43 bits per heavy atom. The zero-order chi connectivity index (χ0) is 17.5. The van der Waals surface area contributed by atoms with Gasteiger partial charge in [0.05, 0.1) is 0 Å². The van der Waals surface area contributed by atoms with Crippen LogP contribution in [-0.4, -0.2) is 9.52 Å². The van der Waals surface area contributed by atoms with Crippen molar-refractivity contribution in [3.8, 4) is 0 Å². The standard InChI is InChI=1S/C23H35Si.3ClH.Ti/c1-6-8-10-11-20-15-21(12-9-7-2)22(16-20)24-23-18(4)13-17(3)14-19(23)5;;;;/h13-14H,6-12,16,24H2,1-5H3;3*1H;/q-1;;;;+4/p-3. The summed E-state index contributed by atoms with van der Waals surface area (Å²) in [6, 6.07) is 4.74. The van der Waals surface area contributed by atoms with Crippen molar-refractivity contribution in [2.24, 2.45) is 0 Å². The van der Waals surface area contributed by atoms with E-state index in [0.717, 1.165) is 0 Å². The molecule has 1 aromatic carbocycles. The first kappa shape index (κ1) is 33.1. The van der Waals surface area contributed by atoms with Gasteiger partial charge in [0.25, 0.3) is 0 Å². The van der Waals surface area contributed by atoms with Crippen molar-refractivity contribution in [2.75, 3.05) is 0 Å². The van der Waals surface area contributed by atoms with E-state index in [0.29, 0.717) is 0 Å². The molecule has 1 aromatic rings. The van der Waals surface area contributed by atoms with Crippen LogP contribution in [0.25, 0.3) is 0 Å². The van der Waals surface area contributed by atoms with Crippen LogP contribution < -0.4 is 42.4 Å². The maximum Gasteiger partial charge on any atom is 4.00 e. The summed E-state index contributed by atoms with van der Waals surface area (Å²) in [6.45, 7) is 11.4. The van der Waals surface area contributed by atoms with Crippen molar-refractivity contribution in [1.82, 2.24) is 0 Å². The Kier molecular flexibility index (Phi) is 20.4. The molecule has 0 nitrogen and oxygen atoms in total. The van der Waals surface area contributed by atoms with Crippen LogP contribution in [0, 0.1) is 26.8 Å². The third kappa shape index (κ3) is 10.0. The largest absolute Gasteiger partial charge is 4.00 e. The first-order valence-electron chi connectivity index (χ1n) is 9.94.